The predicted molar refractivity (Wildman–Crippen MR) is 427 cm³/mol. The third kappa shape index (κ3) is 76.4. The Balaban J connectivity index is 5.41. The van der Waals surface area contributed by atoms with E-state index >= 15 is 0 Å². The van der Waals surface area contributed by atoms with Gasteiger partial charge in [0.1, 0.15) is 19.3 Å². The summed E-state index contributed by atoms with van der Waals surface area (Å²) in [4.78, 5) is 73.1. The Hall–Kier alpha value is -3.76. The molecule has 0 saturated heterocycles. The van der Waals surface area contributed by atoms with Gasteiger partial charge in [0, 0.05) is 25.7 Å². The van der Waals surface area contributed by atoms with Gasteiger partial charge in [-0.05, 0) is 89.9 Å². The predicted octanol–water partition coefficient (Wildman–Crippen LogP) is 24.6. The molecule has 0 aromatic heterocycles. The lowest BCUT2D eigenvalue weighted by molar-refractivity contribution is -0.161. The average molecular weight is 1510 g/mol. The van der Waals surface area contributed by atoms with Crippen LogP contribution in [-0.2, 0) is 65.4 Å². The number of hydrogen-bond acceptors (Lipinski definition) is 15. The third-order valence-electron chi connectivity index (χ3n) is 17.9. The summed E-state index contributed by atoms with van der Waals surface area (Å²) in [6, 6.07) is 0. The summed E-state index contributed by atoms with van der Waals surface area (Å²) in [7, 11) is -9.97. The monoisotopic (exact) mass is 1510 g/mol. The normalized spacial score (nSPS) is 14.3. The molecular formula is C85H152O17P2. The molecule has 0 radical (unpaired) electrons. The molecule has 17 nitrogen and oxygen atoms in total. The van der Waals surface area contributed by atoms with Crippen LogP contribution in [0.4, 0.5) is 0 Å². The summed E-state index contributed by atoms with van der Waals surface area (Å²) in [5, 5.41) is 10.7. The number of allylic oxidation sites excluding steroid dienone is 14. The first kappa shape index (κ1) is 100. The van der Waals surface area contributed by atoms with Gasteiger partial charge in [-0.3, -0.25) is 37.3 Å². The van der Waals surface area contributed by atoms with Crippen LogP contribution in [0, 0.1) is 0 Å². The molecule has 0 aliphatic heterocycles. The minimum Gasteiger partial charge on any atom is -0.462 e. The molecule has 0 fully saturated rings. The van der Waals surface area contributed by atoms with E-state index in [9.17, 15) is 43.2 Å². The van der Waals surface area contributed by atoms with E-state index in [1.807, 2.05) is 18.2 Å². The van der Waals surface area contributed by atoms with Gasteiger partial charge >= 0.3 is 39.5 Å². The van der Waals surface area contributed by atoms with E-state index in [2.05, 4.69) is 94.5 Å². The third-order valence-corrected chi connectivity index (χ3v) is 19.8. The van der Waals surface area contributed by atoms with Crippen LogP contribution in [0.15, 0.2) is 85.1 Å². The van der Waals surface area contributed by atoms with Crippen molar-refractivity contribution in [3.63, 3.8) is 0 Å². The molecule has 604 valence electrons. The number of carbonyl (C=O) groups excluding carboxylic acids is 4. The number of esters is 4. The van der Waals surface area contributed by atoms with Gasteiger partial charge in [0.15, 0.2) is 12.2 Å². The maximum Gasteiger partial charge on any atom is 0.472 e. The van der Waals surface area contributed by atoms with Gasteiger partial charge in [0.25, 0.3) is 0 Å². The number of ether oxygens (including phenoxy) is 4. The fraction of sp³-hybridized carbons (Fsp3) is 0.788. The number of rotatable bonds is 79. The lowest BCUT2D eigenvalue weighted by Gasteiger charge is -2.21. The van der Waals surface area contributed by atoms with Crippen LogP contribution in [0.1, 0.15) is 374 Å². The first-order chi connectivity index (χ1) is 50.7. The van der Waals surface area contributed by atoms with E-state index in [-0.39, 0.29) is 25.7 Å². The van der Waals surface area contributed by atoms with Gasteiger partial charge in [-0.25, -0.2) is 9.13 Å². The second kappa shape index (κ2) is 77.4. The molecule has 104 heavy (non-hydrogen) atoms. The van der Waals surface area contributed by atoms with Crippen molar-refractivity contribution in [3.05, 3.63) is 85.1 Å². The van der Waals surface area contributed by atoms with Crippen molar-refractivity contribution < 1.29 is 80.2 Å². The molecule has 19 heteroatoms. The van der Waals surface area contributed by atoms with Gasteiger partial charge in [-0.1, -0.05) is 344 Å². The molecule has 0 heterocycles. The van der Waals surface area contributed by atoms with Gasteiger partial charge in [0.05, 0.1) is 26.4 Å². The molecule has 0 spiro atoms. The van der Waals surface area contributed by atoms with E-state index in [0.717, 1.165) is 116 Å². The standard InChI is InChI=1S/C85H152O17P2/c1-5-9-13-17-21-25-29-33-37-38-39-40-44-48-52-56-60-64-68-72-85(90)102-81(76-96-83(88)70-66-62-58-54-50-46-42-35-31-27-23-19-15-11-7-3)78-100-104(93,94)98-74-79(86)73-97-103(91,92)99-77-80(101-84(89)71-67-63-59-55-51-47-43-36-32-28-24-20-16-12-8-4)75-95-82(87)69-65-61-57-53-49-45-41-34-30-26-22-18-14-10-6-2/h9,13,21,25,33,35,37,39-40,42,48,52,60,64,79-81,86H,5-8,10-12,14-20,22-24,26-32,34,36,38,41,43-47,49-51,53-59,61-63,65-78H2,1-4H3,(H,91,92)(H,93,94)/b13-9-,25-21-,37-33-,40-39-,42-35-,52-48-,64-60-/t79-,80+,81+/m0/s1. The average Bonchev–Trinajstić information content (AvgIpc) is 0.943. The minimum absolute atomic E-state index is 0.0299. The highest BCUT2D eigenvalue weighted by molar-refractivity contribution is 7.47. The van der Waals surface area contributed by atoms with Gasteiger partial charge < -0.3 is 33.8 Å². The minimum atomic E-state index is -5.00. The second-order valence-corrected chi connectivity index (χ2v) is 31.0. The van der Waals surface area contributed by atoms with E-state index < -0.39 is 97.5 Å². The zero-order chi connectivity index (χ0) is 76.0. The molecular weight excluding hydrogens is 1350 g/mol. The number of aliphatic hydroxyl groups excluding tert-OH is 1. The fourth-order valence-electron chi connectivity index (χ4n) is 11.5. The summed E-state index contributed by atoms with van der Waals surface area (Å²) >= 11 is 0. The van der Waals surface area contributed by atoms with Crippen LogP contribution in [0.3, 0.4) is 0 Å². The largest absolute Gasteiger partial charge is 0.472 e. The van der Waals surface area contributed by atoms with Gasteiger partial charge in [-0.2, -0.15) is 0 Å². The van der Waals surface area contributed by atoms with Crippen molar-refractivity contribution in [1.29, 1.82) is 0 Å². The first-order valence-corrected chi connectivity index (χ1v) is 44.8. The number of aliphatic hydroxyl groups is 1. The Bertz CT molecular complexity index is 2300. The Kier molecular flexibility index (Phi) is 74.6. The van der Waals surface area contributed by atoms with E-state index in [4.69, 9.17) is 37.0 Å². The molecule has 0 aromatic carbocycles. The fourth-order valence-corrected chi connectivity index (χ4v) is 13.1. The molecule has 0 rings (SSSR count). The zero-order valence-corrected chi connectivity index (χ0v) is 68.0. The van der Waals surface area contributed by atoms with E-state index in [0.29, 0.717) is 32.1 Å². The van der Waals surface area contributed by atoms with Crippen LogP contribution in [0.2, 0.25) is 0 Å². The van der Waals surface area contributed by atoms with Crippen LogP contribution >= 0.6 is 15.6 Å². The maximum atomic E-state index is 13.1. The highest BCUT2D eigenvalue weighted by Crippen LogP contribution is 2.45. The lowest BCUT2D eigenvalue weighted by atomic mass is 10.0. The Labute approximate surface area is 634 Å². The van der Waals surface area contributed by atoms with E-state index in [1.54, 1.807) is 0 Å². The summed E-state index contributed by atoms with van der Waals surface area (Å²) in [5.74, 6) is -2.25. The molecule has 0 aliphatic carbocycles. The summed E-state index contributed by atoms with van der Waals surface area (Å²) < 4.78 is 68.7. The first-order valence-electron chi connectivity index (χ1n) is 41.8. The Morgan fingerprint density at radius 1 is 0.279 bits per heavy atom. The van der Waals surface area contributed by atoms with Crippen LogP contribution in [0.5, 0.6) is 0 Å². The van der Waals surface area contributed by atoms with Crippen molar-refractivity contribution in [2.45, 2.75) is 393 Å². The van der Waals surface area contributed by atoms with Gasteiger partial charge in [0.2, 0.25) is 0 Å². The summed E-state index contributed by atoms with van der Waals surface area (Å²) in [6.07, 6.45) is 81.4. The highest BCUT2D eigenvalue weighted by Gasteiger charge is 2.30. The number of unbranched alkanes of at least 4 members (excludes halogenated alkanes) is 39. The molecule has 2 unspecified atom stereocenters. The molecule has 0 bridgehead atoms. The van der Waals surface area contributed by atoms with Crippen molar-refractivity contribution in [2.24, 2.45) is 0 Å². The molecule has 0 amide bonds. The highest BCUT2D eigenvalue weighted by atomic mass is 31.2. The SMILES string of the molecule is CC/C=C\C/C=C\C/C=C\C/C=C\C/C=C\C/C=C\CCC(=O)O[C@H](COC(=O)CCCCCCC/C=C\CCCCCCCC)COP(=O)(O)OC[C@@H](O)COP(=O)(O)OC[C@@H](COC(=O)CCCCCCCCCCCCCCCCC)OC(=O)CCCCCCCCCCCCCCCCC. The van der Waals surface area contributed by atoms with Crippen LogP contribution in [-0.4, -0.2) is 96.7 Å². The quantitative estimate of drug-likeness (QED) is 0.0169. The summed E-state index contributed by atoms with van der Waals surface area (Å²) in [6.45, 7) is 4.75. The topological polar surface area (TPSA) is 237 Å². The van der Waals surface area contributed by atoms with Crippen molar-refractivity contribution >= 4 is 39.5 Å². The smallest absolute Gasteiger partial charge is 0.462 e. The van der Waals surface area contributed by atoms with Crippen LogP contribution < -0.4 is 0 Å². The zero-order valence-electron chi connectivity index (χ0n) is 66.2. The molecule has 0 aliphatic rings. The molecule has 0 saturated carbocycles. The molecule has 5 atom stereocenters. The van der Waals surface area contributed by atoms with Crippen molar-refractivity contribution in [2.75, 3.05) is 39.6 Å². The number of phosphoric ester groups is 2. The number of hydrogen-bond donors (Lipinski definition) is 3. The lowest BCUT2D eigenvalue weighted by Crippen LogP contribution is -2.30. The van der Waals surface area contributed by atoms with Gasteiger partial charge in [-0.15, -0.1) is 0 Å². The van der Waals surface area contributed by atoms with Crippen LogP contribution in [0.25, 0.3) is 0 Å². The number of phosphoric acid groups is 2. The molecule has 3 N–H and O–H groups in total. The maximum absolute atomic E-state index is 13.1. The van der Waals surface area contributed by atoms with Crippen molar-refractivity contribution in [3.8, 4) is 0 Å². The Morgan fingerprint density at radius 2 is 0.519 bits per heavy atom. The summed E-state index contributed by atoms with van der Waals surface area (Å²) in [5.41, 5.74) is 0. The Morgan fingerprint density at radius 3 is 0.827 bits per heavy atom. The van der Waals surface area contributed by atoms with E-state index in [1.165, 1.54) is 173 Å². The molecule has 0 aromatic rings. The number of carbonyl (C=O) groups is 4. The second-order valence-electron chi connectivity index (χ2n) is 28.1. The van der Waals surface area contributed by atoms with Crippen molar-refractivity contribution in [1.82, 2.24) is 0 Å².